The van der Waals surface area contributed by atoms with Crippen molar-refractivity contribution in [2.75, 3.05) is 33.9 Å². The number of likely N-dealkylation sites (tertiary alicyclic amines) is 1. The second-order valence-corrected chi connectivity index (χ2v) is 4.51. The molecule has 1 heterocycles. The van der Waals surface area contributed by atoms with Crippen LogP contribution in [0.4, 0.5) is 0 Å². The summed E-state index contributed by atoms with van der Waals surface area (Å²) in [4.78, 5) is 2.25. The van der Waals surface area contributed by atoms with E-state index in [1.807, 2.05) is 6.08 Å². The van der Waals surface area contributed by atoms with Crippen LogP contribution in [0.15, 0.2) is 23.6 Å². The number of aliphatic hydroxyl groups excluding tert-OH is 1. The predicted molar refractivity (Wildman–Crippen MR) is 65.4 cm³/mol. The van der Waals surface area contributed by atoms with Gasteiger partial charge in [0.1, 0.15) is 0 Å². The number of methoxy groups -OCH3 is 2. The normalized spacial score (nSPS) is 28.3. The Morgan fingerprint density at radius 3 is 2.88 bits per heavy atom. The molecule has 2 unspecified atom stereocenters. The van der Waals surface area contributed by atoms with E-state index in [2.05, 4.69) is 11.0 Å². The van der Waals surface area contributed by atoms with Gasteiger partial charge in [-0.25, -0.2) is 0 Å². The molecule has 0 bridgehead atoms. The molecule has 17 heavy (non-hydrogen) atoms. The maximum absolute atomic E-state index is 9.09. The van der Waals surface area contributed by atoms with E-state index in [9.17, 15) is 0 Å². The number of aliphatic hydroxyl groups is 1. The van der Waals surface area contributed by atoms with Crippen LogP contribution in [-0.4, -0.2) is 50.0 Å². The molecule has 1 saturated heterocycles. The van der Waals surface area contributed by atoms with Gasteiger partial charge in [0.2, 0.25) is 0 Å². The summed E-state index contributed by atoms with van der Waals surface area (Å²) in [5.41, 5.74) is 1.28. The van der Waals surface area contributed by atoms with Crippen LogP contribution in [0.3, 0.4) is 0 Å². The lowest BCUT2D eigenvalue weighted by molar-refractivity contribution is 0.0102. The third kappa shape index (κ3) is 2.48. The van der Waals surface area contributed by atoms with Gasteiger partial charge in [0.25, 0.3) is 0 Å². The molecule has 0 radical (unpaired) electrons. The molecule has 2 aliphatic rings. The molecular formula is C13H21NO3. The minimum absolute atomic E-state index is 0.197. The molecule has 0 aromatic heterocycles. The van der Waals surface area contributed by atoms with Crippen LogP contribution in [0.1, 0.15) is 12.8 Å². The summed E-state index contributed by atoms with van der Waals surface area (Å²) in [5.74, 6) is 1.37. The number of nitrogens with zero attached hydrogens (tertiary/aromatic N) is 1. The summed E-state index contributed by atoms with van der Waals surface area (Å²) in [5, 5.41) is 9.09. The molecular weight excluding hydrogens is 218 g/mol. The Labute approximate surface area is 103 Å². The summed E-state index contributed by atoms with van der Waals surface area (Å²) in [6.45, 7) is 1.86. The molecule has 4 heteroatoms. The molecule has 0 spiro atoms. The number of rotatable bonds is 4. The standard InChI is InChI=1S/C13H21NO3/c1-16-10-3-4-12-11(9-10)13(17-2)5-6-14(12)7-8-15/h3-4,11,13,15H,5-9H2,1-2H3. The summed E-state index contributed by atoms with van der Waals surface area (Å²) in [6, 6.07) is 0. The lowest BCUT2D eigenvalue weighted by atomic mass is 9.84. The van der Waals surface area contributed by atoms with Gasteiger partial charge >= 0.3 is 0 Å². The van der Waals surface area contributed by atoms with Gasteiger partial charge in [-0.2, -0.15) is 0 Å². The lowest BCUT2D eigenvalue weighted by Gasteiger charge is -2.42. The highest BCUT2D eigenvalue weighted by Gasteiger charge is 2.35. The van der Waals surface area contributed by atoms with Crippen LogP contribution < -0.4 is 0 Å². The van der Waals surface area contributed by atoms with E-state index in [-0.39, 0.29) is 12.7 Å². The van der Waals surface area contributed by atoms with Crippen molar-refractivity contribution in [3.63, 3.8) is 0 Å². The third-order valence-electron chi connectivity index (χ3n) is 3.67. The molecule has 4 nitrogen and oxygen atoms in total. The van der Waals surface area contributed by atoms with Gasteiger partial charge in [0.05, 0.1) is 25.6 Å². The van der Waals surface area contributed by atoms with E-state index >= 15 is 0 Å². The van der Waals surface area contributed by atoms with Gasteiger partial charge in [-0.3, -0.25) is 0 Å². The van der Waals surface area contributed by atoms with Gasteiger partial charge in [0.15, 0.2) is 0 Å². The van der Waals surface area contributed by atoms with E-state index in [0.29, 0.717) is 12.5 Å². The number of fused-ring (bicyclic) bond motifs is 1. The topological polar surface area (TPSA) is 41.9 Å². The second-order valence-electron chi connectivity index (χ2n) is 4.51. The van der Waals surface area contributed by atoms with E-state index in [1.165, 1.54) is 5.70 Å². The summed E-state index contributed by atoms with van der Waals surface area (Å²) < 4.78 is 10.9. The summed E-state index contributed by atoms with van der Waals surface area (Å²) >= 11 is 0. The Morgan fingerprint density at radius 2 is 2.24 bits per heavy atom. The van der Waals surface area contributed by atoms with Crippen molar-refractivity contribution >= 4 is 0 Å². The van der Waals surface area contributed by atoms with Gasteiger partial charge < -0.3 is 19.5 Å². The number of hydrogen-bond acceptors (Lipinski definition) is 4. The van der Waals surface area contributed by atoms with Gasteiger partial charge in [-0.05, 0) is 18.6 Å². The fourth-order valence-electron chi connectivity index (χ4n) is 2.76. The van der Waals surface area contributed by atoms with Crippen molar-refractivity contribution in [1.82, 2.24) is 4.90 Å². The van der Waals surface area contributed by atoms with E-state index in [0.717, 1.165) is 25.1 Å². The summed E-state index contributed by atoms with van der Waals surface area (Å²) in [7, 11) is 3.48. The SMILES string of the molecule is COC1=CC=C2C(C1)C(OC)CCN2CCO. The molecule has 0 saturated carbocycles. The lowest BCUT2D eigenvalue weighted by Crippen LogP contribution is -2.44. The molecule has 1 aliphatic carbocycles. The first-order valence-corrected chi connectivity index (χ1v) is 6.13. The van der Waals surface area contributed by atoms with Crippen molar-refractivity contribution < 1.29 is 14.6 Å². The highest BCUT2D eigenvalue weighted by atomic mass is 16.5. The molecule has 0 aromatic carbocycles. The number of β-amino-alcohol motifs (C(OH)–C–C–N with tert-alkyl or cyclic N) is 1. The smallest absolute Gasteiger partial charge is 0.0963 e. The molecule has 1 aliphatic heterocycles. The zero-order valence-electron chi connectivity index (χ0n) is 10.6. The Balaban J connectivity index is 2.19. The molecule has 1 fully saturated rings. The Bertz CT molecular complexity index is 325. The molecule has 2 atom stereocenters. The first-order valence-electron chi connectivity index (χ1n) is 6.13. The van der Waals surface area contributed by atoms with Crippen molar-refractivity contribution in [1.29, 1.82) is 0 Å². The Morgan fingerprint density at radius 1 is 1.41 bits per heavy atom. The van der Waals surface area contributed by atoms with Crippen LogP contribution >= 0.6 is 0 Å². The average Bonchev–Trinajstić information content (AvgIpc) is 2.38. The van der Waals surface area contributed by atoms with E-state index in [1.54, 1.807) is 14.2 Å². The van der Waals surface area contributed by atoms with Gasteiger partial charge in [-0.1, -0.05) is 0 Å². The zero-order valence-corrected chi connectivity index (χ0v) is 10.6. The minimum atomic E-state index is 0.197. The van der Waals surface area contributed by atoms with Crippen LogP contribution in [0, 0.1) is 5.92 Å². The van der Waals surface area contributed by atoms with Crippen molar-refractivity contribution in [3.8, 4) is 0 Å². The highest BCUT2D eigenvalue weighted by Crippen LogP contribution is 2.36. The number of hydrogen-bond donors (Lipinski definition) is 1. The Hall–Kier alpha value is -1.00. The van der Waals surface area contributed by atoms with E-state index < -0.39 is 0 Å². The quantitative estimate of drug-likeness (QED) is 0.798. The van der Waals surface area contributed by atoms with E-state index in [4.69, 9.17) is 14.6 Å². The first kappa shape index (κ1) is 12.5. The third-order valence-corrected chi connectivity index (χ3v) is 3.67. The number of piperidine rings is 1. The maximum atomic E-state index is 9.09. The maximum Gasteiger partial charge on any atom is 0.0963 e. The average molecular weight is 239 g/mol. The fraction of sp³-hybridized carbons (Fsp3) is 0.692. The second kappa shape index (κ2) is 5.56. The number of ether oxygens (including phenoxy) is 2. The van der Waals surface area contributed by atoms with Crippen LogP contribution in [-0.2, 0) is 9.47 Å². The predicted octanol–water partition coefficient (Wildman–Crippen LogP) is 1.13. The first-order chi connectivity index (χ1) is 8.30. The molecule has 1 N–H and O–H groups in total. The minimum Gasteiger partial charge on any atom is -0.501 e. The van der Waals surface area contributed by atoms with Gasteiger partial charge in [-0.15, -0.1) is 0 Å². The fourth-order valence-corrected chi connectivity index (χ4v) is 2.76. The Kier molecular flexibility index (Phi) is 4.07. The molecule has 2 rings (SSSR count). The highest BCUT2D eigenvalue weighted by molar-refractivity contribution is 5.26. The largest absolute Gasteiger partial charge is 0.501 e. The van der Waals surface area contributed by atoms with Gasteiger partial charge in [0, 0.05) is 38.2 Å². The zero-order chi connectivity index (χ0) is 12.3. The molecule has 0 aromatic rings. The van der Waals surface area contributed by atoms with Crippen molar-refractivity contribution in [2.45, 2.75) is 18.9 Å². The number of allylic oxidation sites excluding steroid dienone is 3. The van der Waals surface area contributed by atoms with Crippen LogP contribution in [0.5, 0.6) is 0 Å². The van der Waals surface area contributed by atoms with Crippen LogP contribution in [0.25, 0.3) is 0 Å². The summed E-state index contributed by atoms with van der Waals surface area (Å²) in [6.07, 6.45) is 6.29. The monoisotopic (exact) mass is 239 g/mol. The van der Waals surface area contributed by atoms with Crippen molar-refractivity contribution in [3.05, 3.63) is 23.6 Å². The van der Waals surface area contributed by atoms with Crippen LogP contribution in [0.2, 0.25) is 0 Å². The molecule has 96 valence electrons. The molecule has 0 amide bonds. The van der Waals surface area contributed by atoms with Crippen molar-refractivity contribution in [2.24, 2.45) is 5.92 Å².